The molecule has 0 bridgehead atoms. The van der Waals surface area contributed by atoms with Gasteiger partial charge in [-0.1, -0.05) is 13.8 Å². The van der Waals surface area contributed by atoms with Gasteiger partial charge in [0.05, 0.1) is 6.10 Å². The molecule has 0 saturated heterocycles. The number of carbonyl (C=O) groups excluding carboxylic acids is 2. The number of fused-ring (bicyclic) bond motifs is 5. The lowest BCUT2D eigenvalue weighted by atomic mass is 9.44. The molecule has 1 aromatic rings. The molecule has 8 atom stereocenters. The number of Topliss-reactive ketones (excluding diaryl/α,β-unsaturated/α-hetero) is 2. The first kappa shape index (κ1) is 25.9. The highest BCUT2D eigenvalue weighted by Gasteiger charge is 2.68. The molecule has 1 heterocycles. The van der Waals surface area contributed by atoms with Crippen LogP contribution in [0, 0.1) is 40.3 Å². The van der Waals surface area contributed by atoms with Gasteiger partial charge in [0.15, 0.2) is 17.4 Å². The second-order valence-electron chi connectivity index (χ2n) is 11.4. The highest BCUT2D eigenvalue weighted by atomic mass is 19.1. The Morgan fingerprint density at radius 2 is 1.94 bits per heavy atom. The summed E-state index contributed by atoms with van der Waals surface area (Å²) in [5.74, 6) is -0.710. The molecule has 4 aliphatic rings. The Bertz CT molecular complexity index is 1060. The maximum Gasteiger partial charge on any atom is 0.347 e. The third-order valence-electron chi connectivity index (χ3n) is 9.87. The highest BCUT2D eigenvalue weighted by molar-refractivity contribution is 5.92. The summed E-state index contributed by atoms with van der Waals surface area (Å²) in [7, 11) is 0. The first-order valence-electron chi connectivity index (χ1n) is 12.5. The molecule has 0 amide bonds. The van der Waals surface area contributed by atoms with Gasteiger partial charge in [0.1, 0.15) is 18.0 Å². The van der Waals surface area contributed by atoms with Crippen molar-refractivity contribution in [3.63, 3.8) is 0 Å². The van der Waals surface area contributed by atoms with Crippen molar-refractivity contribution >= 4 is 17.4 Å². The lowest BCUT2D eigenvalue weighted by Crippen LogP contribution is -2.62. The molecule has 0 radical (unpaired) electrons. The first-order valence-corrected chi connectivity index (χ1v) is 12.5. The quantitative estimate of drug-likeness (QED) is 0.412. The number of nitrogens with two attached hydrogens (primary N) is 1. The van der Waals surface area contributed by atoms with E-state index in [1.807, 2.05) is 11.9 Å². The van der Waals surface area contributed by atoms with Crippen molar-refractivity contribution in [2.75, 3.05) is 12.3 Å². The van der Waals surface area contributed by atoms with Crippen LogP contribution in [0.5, 0.6) is 0 Å². The number of hydrogen-bond acceptors (Lipinski definition) is 8. The van der Waals surface area contributed by atoms with Crippen molar-refractivity contribution in [1.82, 2.24) is 9.97 Å². The van der Waals surface area contributed by atoms with Crippen LogP contribution in [0.1, 0.15) is 65.2 Å². The van der Waals surface area contributed by atoms with Crippen LogP contribution >= 0.6 is 0 Å². The minimum atomic E-state index is -1.58. The van der Waals surface area contributed by atoms with Gasteiger partial charge in [-0.15, -0.1) is 0 Å². The van der Waals surface area contributed by atoms with Crippen LogP contribution in [-0.4, -0.2) is 55.2 Å². The Morgan fingerprint density at radius 1 is 1.23 bits per heavy atom. The smallest absolute Gasteiger partial charge is 0.347 e. The topological polar surface area (TPSA) is 167 Å². The Balaban J connectivity index is 0.000000271. The number of aliphatic hydroxyl groups is 3. The van der Waals surface area contributed by atoms with E-state index in [0.717, 1.165) is 44.7 Å². The molecule has 35 heavy (non-hydrogen) atoms. The van der Waals surface area contributed by atoms with Gasteiger partial charge in [-0.25, -0.2) is 9.18 Å². The Morgan fingerprint density at radius 3 is 2.57 bits per heavy atom. The molecule has 4 fully saturated rings. The van der Waals surface area contributed by atoms with Crippen LogP contribution in [0.15, 0.2) is 11.0 Å². The van der Waals surface area contributed by atoms with Gasteiger partial charge in [0, 0.05) is 24.0 Å². The van der Waals surface area contributed by atoms with Crippen LogP contribution in [0.25, 0.3) is 0 Å². The molecule has 0 aliphatic heterocycles. The number of rotatable bonds is 2. The number of halogens is 1. The predicted octanol–water partition coefficient (Wildman–Crippen LogP) is 1.35. The van der Waals surface area contributed by atoms with Crippen LogP contribution in [-0.2, 0) is 9.59 Å². The molecule has 10 heteroatoms. The second-order valence-corrected chi connectivity index (χ2v) is 11.4. The number of nitrogen functional groups attached to an aromatic ring is 1. The number of carbonyl (C=O) groups is 2. The molecule has 6 N–H and O–H groups in total. The summed E-state index contributed by atoms with van der Waals surface area (Å²) in [5, 5.41) is 30.6. The van der Waals surface area contributed by atoms with Gasteiger partial charge >= 0.3 is 5.69 Å². The number of aliphatic hydroxyl groups excluding tert-OH is 2. The van der Waals surface area contributed by atoms with E-state index in [2.05, 4.69) is 11.9 Å². The van der Waals surface area contributed by atoms with Crippen molar-refractivity contribution in [3.8, 4) is 0 Å². The normalized spacial score (nSPS) is 42.2. The number of aromatic nitrogens is 2. The number of anilines is 1. The van der Waals surface area contributed by atoms with Gasteiger partial charge in [0.2, 0.25) is 0 Å². The van der Waals surface area contributed by atoms with E-state index >= 15 is 0 Å². The molecule has 0 spiro atoms. The zero-order chi connectivity index (χ0) is 25.8. The molecule has 0 aromatic carbocycles. The van der Waals surface area contributed by atoms with Crippen LogP contribution in [0.3, 0.4) is 0 Å². The van der Waals surface area contributed by atoms with E-state index in [-0.39, 0.29) is 47.3 Å². The van der Waals surface area contributed by atoms with E-state index < -0.39 is 34.9 Å². The average Bonchev–Trinajstić information content (AvgIpc) is 3.07. The van der Waals surface area contributed by atoms with E-state index in [1.165, 1.54) is 0 Å². The summed E-state index contributed by atoms with van der Waals surface area (Å²) in [6.45, 7) is 3.46. The van der Waals surface area contributed by atoms with Crippen molar-refractivity contribution in [1.29, 1.82) is 0 Å². The number of ketones is 2. The molecule has 4 saturated carbocycles. The highest BCUT2D eigenvalue weighted by Crippen LogP contribution is 2.67. The third kappa shape index (κ3) is 4.03. The largest absolute Gasteiger partial charge is 0.393 e. The molecular formula is C25H36FN3O6. The number of hydrogen-bond donors (Lipinski definition) is 5. The standard InChI is InChI=1S/C21H32O5.C4H4FN3O/c1-19-7-5-13(23)9-12(19)3-4-14-15-6-8-21(26,17(25)11-22)20(15,2)10-16(24)18(14)19;5-2-1-7-4(9)8-3(2)6/h12-15,18,22-23,26H,3-11H2,1-2H3;1H,(H3,6,7,8,9)/t12-,13-,14+,15+,18-,19+,20+,21+;/m1./s1. The molecule has 1 aromatic heterocycles. The first-order chi connectivity index (χ1) is 16.4. The van der Waals surface area contributed by atoms with Gasteiger partial charge in [-0.05, 0) is 68.1 Å². The van der Waals surface area contributed by atoms with Gasteiger partial charge in [-0.2, -0.15) is 4.98 Å². The SMILES string of the molecule is C[C@]12CC[C@@H](O)C[C@H]1CC[C@@H]1[C@@H]2C(=O)C[C@@]2(C)[C@H]1CC[C@]2(O)C(=O)CO.Nc1nc(=O)[nH]cc1F. The van der Waals surface area contributed by atoms with E-state index in [4.69, 9.17) is 5.73 Å². The predicted molar refractivity (Wildman–Crippen MR) is 124 cm³/mol. The summed E-state index contributed by atoms with van der Waals surface area (Å²) < 4.78 is 12.1. The summed E-state index contributed by atoms with van der Waals surface area (Å²) in [6, 6.07) is 0. The van der Waals surface area contributed by atoms with Gasteiger partial charge < -0.3 is 26.0 Å². The number of H-pyrrole nitrogens is 1. The van der Waals surface area contributed by atoms with E-state index in [1.54, 1.807) is 0 Å². The van der Waals surface area contributed by atoms with Crippen LogP contribution in [0.4, 0.5) is 10.2 Å². The van der Waals surface area contributed by atoms with Crippen LogP contribution in [0.2, 0.25) is 0 Å². The molecule has 5 rings (SSSR count). The fourth-order valence-electron chi connectivity index (χ4n) is 8.04. The van der Waals surface area contributed by atoms with Crippen LogP contribution < -0.4 is 11.4 Å². The zero-order valence-corrected chi connectivity index (χ0v) is 20.3. The number of nitrogens with one attached hydrogen (secondary N) is 1. The van der Waals surface area contributed by atoms with E-state index in [0.29, 0.717) is 12.3 Å². The molecule has 4 aliphatic carbocycles. The van der Waals surface area contributed by atoms with Crippen molar-refractivity contribution < 1.29 is 29.3 Å². The minimum Gasteiger partial charge on any atom is -0.393 e. The molecule has 0 unspecified atom stereocenters. The van der Waals surface area contributed by atoms with Gasteiger partial charge in [0.25, 0.3) is 0 Å². The average molecular weight is 494 g/mol. The Kier molecular flexibility index (Phi) is 6.70. The summed E-state index contributed by atoms with van der Waals surface area (Å²) in [6.07, 6.45) is 6.34. The molecule has 9 nitrogen and oxygen atoms in total. The zero-order valence-electron chi connectivity index (χ0n) is 20.3. The number of nitrogens with zero attached hydrogens (tertiary/aromatic N) is 1. The fourth-order valence-corrected chi connectivity index (χ4v) is 8.04. The monoisotopic (exact) mass is 493 g/mol. The van der Waals surface area contributed by atoms with Crippen molar-refractivity contribution in [3.05, 3.63) is 22.5 Å². The summed E-state index contributed by atoms with van der Waals surface area (Å²) >= 11 is 0. The fraction of sp³-hybridized carbons (Fsp3) is 0.760. The summed E-state index contributed by atoms with van der Waals surface area (Å²) in [5.41, 5.74) is 1.87. The molecule has 194 valence electrons. The van der Waals surface area contributed by atoms with Crippen molar-refractivity contribution in [2.24, 2.45) is 34.5 Å². The maximum absolute atomic E-state index is 13.4. The Labute approximate surface area is 203 Å². The lowest BCUT2D eigenvalue weighted by Gasteiger charge is -2.60. The molecular weight excluding hydrogens is 457 g/mol. The number of aromatic amines is 1. The van der Waals surface area contributed by atoms with E-state index in [9.17, 15) is 34.1 Å². The lowest BCUT2D eigenvalue weighted by molar-refractivity contribution is -0.180. The van der Waals surface area contributed by atoms with Crippen molar-refractivity contribution in [2.45, 2.75) is 76.9 Å². The minimum absolute atomic E-state index is 0.0154. The maximum atomic E-state index is 13.4. The third-order valence-corrected chi connectivity index (χ3v) is 9.87. The second kappa shape index (κ2) is 9.05. The van der Waals surface area contributed by atoms with Gasteiger partial charge in [-0.3, -0.25) is 9.59 Å². The summed E-state index contributed by atoms with van der Waals surface area (Å²) in [4.78, 5) is 41.0. The Hall–Kier alpha value is -2.17.